The van der Waals surface area contributed by atoms with Crippen LogP contribution in [0.4, 0.5) is 4.39 Å². The second-order valence-electron chi connectivity index (χ2n) is 2.97. The van der Waals surface area contributed by atoms with Gasteiger partial charge in [0.05, 0.1) is 0 Å². The molecule has 0 aliphatic rings. The van der Waals surface area contributed by atoms with E-state index in [1.54, 1.807) is 19.1 Å². The zero-order chi connectivity index (χ0) is 10.0. The van der Waals surface area contributed by atoms with Gasteiger partial charge in [0.15, 0.2) is 0 Å². The molecular formula is C9H12BrFN2. The fourth-order valence-electron chi connectivity index (χ4n) is 1.15. The number of halogens is 2. The fraction of sp³-hybridized carbons (Fsp3) is 0.333. The van der Waals surface area contributed by atoms with E-state index in [1.165, 1.54) is 0 Å². The molecule has 2 nitrogen and oxygen atoms in total. The summed E-state index contributed by atoms with van der Waals surface area (Å²) in [6.07, 6.45) is 0. The average molecular weight is 247 g/mol. The molecule has 0 aromatic heterocycles. The van der Waals surface area contributed by atoms with Crippen LogP contribution in [0.15, 0.2) is 16.6 Å². The van der Waals surface area contributed by atoms with Crippen LogP contribution in [0.2, 0.25) is 0 Å². The molecule has 4 heteroatoms. The minimum absolute atomic E-state index is 0.243. The van der Waals surface area contributed by atoms with Crippen LogP contribution in [0.5, 0.6) is 0 Å². The lowest BCUT2D eigenvalue weighted by Gasteiger charge is -2.12. The molecule has 1 rings (SSSR count). The van der Waals surface area contributed by atoms with Gasteiger partial charge < -0.3 is 11.5 Å². The molecule has 1 atom stereocenters. The van der Waals surface area contributed by atoms with Gasteiger partial charge >= 0.3 is 0 Å². The molecule has 0 fully saturated rings. The highest BCUT2D eigenvalue weighted by Gasteiger charge is 2.12. The molecule has 0 aliphatic heterocycles. The first-order valence-electron chi connectivity index (χ1n) is 3.97. The molecule has 13 heavy (non-hydrogen) atoms. The Kier molecular flexibility index (Phi) is 3.41. The first-order valence-corrected chi connectivity index (χ1v) is 4.76. The quantitative estimate of drug-likeness (QED) is 0.837. The highest BCUT2D eigenvalue weighted by molar-refractivity contribution is 9.10. The molecule has 1 aromatic rings. The molecule has 72 valence electrons. The topological polar surface area (TPSA) is 52.0 Å². The highest BCUT2D eigenvalue weighted by atomic mass is 79.9. The monoisotopic (exact) mass is 246 g/mol. The van der Waals surface area contributed by atoms with E-state index in [9.17, 15) is 4.39 Å². The Morgan fingerprint density at radius 3 is 2.69 bits per heavy atom. The van der Waals surface area contributed by atoms with Crippen molar-refractivity contribution in [3.63, 3.8) is 0 Å². The van der Waals surface area contributed by atoms with Gasteiger partial charge in [-0.2, -0.15) is 0 Å². The van der Waals surface area contributed by atoms with Gasteiger partial charge in [-0.05, 0) is 24.6 Å². The van der Waals surface area contributed by atoms with Crippen LogP contribution in [0.1, 0.15) is 17.2 Å². The maximum atomic E-state index is 13.5. The van der Waals surface area contributed by atoms with Gasteiger partial charge in [-0.25, -0.2) is 4.39 Å². The molecule has 0 spiro atoms. The smallest absolute Gasteiger partial charge is 0.131 e. The van der Waals surface area contributed by atoms with E-state index in [4.69, 9.17) is 11.5 Å². The molecule has 0 saturated carbocycles. The van der Waals surface area contributed by atoms with E-state index >= 15 is 0 Å². The van der Waals surface area contributed by atoms with Crippen molar-refractivity contribution in [2.45, 2.75) is 13.0 Å². The molecule has 0 heterocycles. The predicted molar refractivity (Wildman–Crippen MR) is 54.8 cm³/mol. The zero-order valence-electron chi connectivity index (χ0n) is 7.35. The lowest BCUT2D eigenvalue weighted by Crippen LogP contribution is -2.22. The third-order valence-corrected chi connectivity index (χ3v) is 2.36. The number of hydrogen-bond acceptors (Lipinski definition) is 2. The van der Waals surface area contributed by atoms with E-state index in [0.29, 0.717) is 11.1 Å². The fourth-order valence-corrected chi connectivity index (χ4v) is 1.74. The lowest BCUT2D eigenvalue weighted by atomic mass is 10.0. The Hall–Kier alpha value is -0.450. The minimum Gasteiger partial charge on any atom is -0.329 e. The van der Waals surface area contributed by atoms with Gasteiger partial charge in [0, 0.05) is 22.6 Å². The molecule has 0 amide bonds. The van der Waals surface area contributed by atoms with Crippen molar-refractivity contribution in [3.05, 3.63) is 33.5 Å². The van der Waals surface area contributed by atoms with Gasteiger partial charge in [-0.15, -0.1) is 0 Å². The van der Waals surface area contributed by atoms with Crippen LogP contribution in [-0.2, 0) is 0 Å². The van der Waals surface area contributed by atoms with E-state index in [0.717, 1.165) is 4.47 Å². The summed E-state index contributed by atoms with van der Waals surface area (Å²) in [4.78, 5) is 0. The molecular weight excluding hydrogens is 235 g/mol. The van der Waals surface area contributed by atoms with Gasteiger partial charge in [0.2, 0.25) is 0 Å². The summed E-state index contributed by atoms with van der Waals surface area (Å²) in [5.41, 5.74) is 12.1. The van der Waals surface area contributed by atoms with Crippen LogP contribution in [0.25, 0.3) is 0 Å². The molecule has 0 aliphatic carbocycles. The van der Waals surface area contributed by atoms with Gasteiger partial charge in [-0.1, -0.05) is 15.9 Å². The van der Waals surface area contributed by atoms with Crippen LogP contribution >= 0.6 is 15.9 Å². The maximum absolute atomic E-state index is 13.5. The molecule has 1 aromatic carbocycles. The van der Waals surface area contributed by atoms with Crippen molar-refractivity contribution in [2.75, 3.05) is 6.54 Å². The first kappa shape index (κ1) is 10.6. The number of aryl methyl sites for hydroxylation is 1. The molecule has 0 bridgehead atoms. The third kappa shape index (κ3) is 2.27. The summed E-state index contributed by atoms with van der Waals surface area (Å²) in [6, 6.07) is 2.94. The predicted octanol–water partition coefficient (Wildman–Crippen LogP) is 1.86. The summed E-state index contributed by atoms with van der Waals surface area (Å²) in [5.74, 6) is -0.263. The number of benzene rings is 1. The Labute approximate surface area is 85.2 Å². The second-order valence-corrected chi connectivity index (χ2v) is 3.88. The summed E-state index contributed by atoms with van der Waals surface area (Å²) >= 11 is 3.28. The van der Waals surface area contributed by atoms with E-state index in [-0.39, 0.29) is 12.4 Å². The minimum atomic E-state index is -0.434. The van der Waals surface area contributed by atoms with Gasteiger partial charge in [0.1, 0.15) is 5.82 Å². The molecule has 0 unspecified atom stereocenters. The Bertz CT molecular complexity index is 315. The average Bonchev–Trinajstić information content (AvgIpc) is 2.10. The maximum Gasteiger partial charge on any atom is 0.131 e. The van der Waals surface area contributed by atoms with E-state index in [2.05, 4.69) is 15.9 Å². The standard InChI is InChI=1S/C9H12BrFN2/c1-5-2-6(10)3-7(9(5)11)8(13)4-12/h2-3,8H,4,12-13H2,1H3/t8-/m1/s1. The summed E-state index contributed by atoms with van der Waals surface area (Å²) in [5, 5.41) is 0. The van der Waals surface area contributed by atoms with Crippen LogP contribution in [0, 0.1) is 12.7 Å². The lowest BCUT2D eigenvalue weighted by molar-refractivity contribution is 0.576. The van der Waals surface area contributed by atoms with Crippen molar-refractivity contribution in [1.29, 1.82) is 0 Å². The number of hydrogen-bond donors (Lipinski definition) is 2. The van der Waals surface area contributed by atoms with Crippen molar-refractivity contribution < 1.29 is 4.39 Å². The van der Waals surface area contributed by atoms with Crippen LogP contribution in [0.3, 0.4) is 0 Å². The largest absolute Gasteiger partial charge is 0.329 e. The van der Waals surface area contributed by atoms with Crippen molar-refractivity contribution >= 4 is 15.9 Å². The molecule has 0 saturated heterocycles. The summed E-state index contributed by atoms with van der Waals surface area (Å²) < 4.78 is 14.3. The van der Waals surface area contributed by atoms with Crippen molar-refractivity contribution in [3.8, 4) is 0 Å². The van der Waals surface area contributed by atoms with Crippen molar-refractivity contribution in [2.24, 2.45) is 11.5 Å². The summed E-state index contributed by atoms with van der Waals surface area (Å²) in [7, 11) is 0. The van der Waals surface area contributed by atoms with Gasteiger partial charge in [-0.3, -0.25) is 0 Å². The van der Waals surface area contributed by atoms with Crippen LogP contribution < -0.4 is 11.5 Å². The highest BCUT2D eigenvalue weighted by Crippen LogP contribution is 2.23. The molecule has 4 N–H and O–H groups in total. The van der Waals surface area contributed by atoms with Crippen LogP contribution in [-0.4, -0.2) is 6.54 Å². The van der Waals surface area contributed by atoms with E-state index in [1.807, 2.05) is 0 Å². The van der Waals surface area contributed by atoms with Gasteiger partial charge in [0.25, 0.3) is 0 Å². The van der Waals surface area contributed by atoms with E-state index < -0.39 is 6.04 Å². The molecule has 0 radical (unpaired) electrons. The number of rotatable bonds is 2. The first-order chi connectivity index (χ1) is 6.06. The Morgan fingerprint density at radius 1 is 1.54 bits per heavy atom. The second kappa shape index (κ2) is 4.17. The SMILES string of the molecule is Cc1cc(Br)cc([C@H](N)CN)c1F. The summed E-state index contributed by atoms with van der Waals surface area (Å²) in [6.45, 7) is 1.94. The Balaban J connectivity index is 3.20. The third-order valence-electron chi connectivity index (χ3n) is 1.90. The Morgan fingerprint density at radius 2 is 2.15 bits per heavy atom. The van der Waals surface area contributed by atoms with Crippen molar-refractivity contribution in [1.82, 2.24) is 0 Å². The zero-order valence-corrected chi connectivity index (χ0v) is 8.94. The number of nitrogens with two attached hydrogens (primary N) is 2. The normalized spacial score (nSPS) is 13.0.